The molecule has 0 bridgehead atoms. The van der Waals surface area contributed by atoms with Gasteiger partial charge in [-0.3, -0.25) is 4.98 Å². The Labute approximate surface area is 138 Å². The van der Waals surface area contributed by atoms with Crippen molar-refractivity contribution in [1.29, 1.82) is 0 Å². The molecule has 1 atom stereocenters. The molecule has 1 rings (SSSR count). The lowest BCUT2D eigenvalue weighted by atomic mass is 10.1. The SMILES string of the molecule is CCOc1c(N)cncc1/C=C/C[C@H](C)NC(=O)OC(C)(C)C. The molecule has 1 aromatic heterocycles. The summed E-state index contributed by atoms with van der Waals surface area (Å²) in [6.07, 6.45) is 7.33. The number of pyridine rings is 1. The number of nitrogens with two attached hydrogens (primary N) is 1. The Morgan fingerprint density at radius 1 is 1.43 bits per heavy atom. The number of rotatable bonds is 6. The average Bonchev–Trinajstić information content (AvgIpc) is 2.40. The Balaban J connectivity index is 2.59. The van der Waals surface area contributed by atoms with Crippen molar-refractivity contribution >= 4 is 17.9 Å². The third-order valence-electron chi connectivity index (χ3n) is 2.79. The molecule has 0 aromatic carbocycles. The summed E-state index contributed by atoms with van der Waals surface area (Å²) < 4.78 is 10.8. The number of hydrogen-bond donors (Lipinski definition) is 2. The Bertz CT molecular complexity index is 551. The summed E-state index contributed by atoms with van der Waals surface area (Å²) in [6, 6.07) is -0.0503. The molecule has 1 aromatic rings. The highest BCUT2D eigenvalue weighted by atomic mass is 16.6. The van der Waals surface area contributed by atoms with Gasteiger partial charge >= 0.3 is 6.09 Å². The third kappa shape index (κ3) is 7.04. The molecule has 0 saturated carbocycles. The van der Waals surface area contributed by atoms with Crippen LogP contribution in [0.4, 0.5) is 10.5 Å². The van der Waals surface area contributed by atoms with Gasteiger partial charge in [0.05, 0.1) is 18.5 Å². The Morgan fingerprint density at radius 2 is 2.13 bits per heavy atom. The maximum absolute atomic E-state index is 11.7. The molecule has 1 heterocycles. The van der Waals surface area contributed by atoms with Gasteiger partial charge in [0.1, 0.15) is 5.60 Å². The van der Waals surface area contributed by atoms with E-state index in [1.165, 1.54) is 0 Å². The van der Waals surface area contributed by atoms with Gasteiger partial charge in [0, 0.05) is 17.8 Å². The van der Waals surface area contributed by atoms with E-state index in [0.29, 0.717) is 24.5 Å². The quantitative estimate of drug-likeness (QED) is 0.839. The maximum atomic E-state index is 11.7. The van der Waals surface area contributed by atoms with Crippen molar-refractivity contribution in [3.8, 4) is 5.75 Å². The first kappa shape index (κ1) is 18.8. The smallest absolute Gasteiger partial charge is 0.407 e. The van der Waals surface area contributed by atoms with Gasteiger partial charge in [-0.15, -0.1) is 0 Å². The van der Waals surface area contributed by atoms with E-state index in [2.05, 4.69) is 10.3 Å². The molecule has 6 heteroatoms. The third-order valence-corrected chi connectivity index (χ3v) is 2.79. The minimum atomic E-state index is -0.501. The lowest BCUT2D eigenvalue weighted by Gasteiger charge is -2.21. The lowest BCUT2D eigenvalue weighted by molar-refractivity contribution is 0.0509. The Hall–Kier alpha value is -2.24. The van der Waals surface area contributed by atoms with Gasteiger partial charge in [0.2, 0.25) is 0 Å². The second kappa shape index (κ2) is 8.41. The van der Waals surface area contributed by atoms with E-state index >= 15 is 0 Å². The molecule has 0 unspecified atom stereocenters. The van der Waals surface area contributed by atoms with Gasteiger partial charge in [0.15, 0.2) is 5.75 Å². The second-order valence-corrected chi connectivity index (χ2v) is 6.27. The number of nitrogens with zero attached hydrogens (tertiary/aromatic N) is 1. The molecular weight excluding hydrogens is 294 g/mol. The van der Waals surface area contributed by atoms with Crippen molar-refractivity contribution in [3.63, 3.8) is 0 Å². The summed E-state index contributed by atoms with van der Waals surface area (Å²) in [5.41, 5.74) is 6.69. The molecule has 1 amide bonds. The van der Waals surface area contributed by atoms with Crippen LogP contribution in [0.25, 0.3) is 6.08 Å². The van der Waals surface area contributed by atoms with Crippen molar-refractivity contribution in [1.82, 2.24) is 10.3 Å². The number of carbonyl (C=O) groups excluding carboxylic acids is 1. The Morgan fingerprint density at radius 3 is 2.74 bits per heavy atom. The minimum absolute atomic E-state index is 0.0503. The van der Waals surface area contributed by atoms with Gasteiger partial charge in [-0.2, -0.15) is 0 Å². The van der Waals surface area contributed by atoms with Crippen LogP contribution in [-0.4, -0.2) is 29.3 Å². The fraction of sp³-hybridized carbons (Fsp3) is 0.529. The van der Waals surface area contributed by atoms with Crippen molar-refractivity contribution in [2.45, 2.75) is 52.7 Å². The van der Waals surface area contributed by atoms with Crippen LogP contribution in [0, 0.1) is 0 Å². The van der Waals surface area contributed by atoms with Gasteiger partial charge in [-0.1, -0.05) is 12.2 Å². The highest BCUT2D eigenvalue weighted by Gasteiger charge is 2.17. The lowest BCUT2D eigenvalue weighted by Crippen LogP contribution is -2.37. The van der Waals surface area contributed by atoms with Crippen LogP contribution in [0.3, 0.4) is 0 Å². The molecule has 128 valence electrons. The summed E-state index contributed by atoms with van der Waals surface area (Å²) in [6.45, 7) is 9.85. The predicted octanol–water partition coefficient (Wildman–Crippen LogP) is 3.38. The van der Waals surface area contributed by atoms with E-state index in [4.69, 9.17) is 15.2 Å². The summed E-state index contributed by atoms with van der Waals surface area (Å²) >= 11 is 0. The summed E-state index contributed by atoms with van der Waals surface area (Å²) in [4.78, 5) is 15.7. The monoisotopic (exact) mass is 321 g/mol. The van der Waals surface area contributed by atoms with Crippen LogP contribution in [0.5, 0.6) is 5.75 Å². The van der Waals surface area contributed by atoms with Crippen molar-refractivity contribution in [2.75, 3.05) is 12.3 Å². The van der Waals surface area contributed by atoms with Gasteiger partial charge in [0.25, 0.3) is 0 Å². The second-order valence-electron chi connectivity index (χ2n) is 6.27. The van der Waals surface area contributed by atoms with Crippen molar-refractivity contribution < 1.29 is 14.3 Å². The van der Waals surface area contributed by atoms with E-state index in [-0.39, 0.29) is 6.04 Å². The van der Waals surface area contributed by atoms with Crippen molar-refractivity contribution in [3.05, 3.63) is 24.0 Å². The molecule has 0 radical (unpaired) electrons. The topological polar surface area (TPSA) is 86.5 Å². The van der Waals surface area contributed by atoms with E-state index in [1.54, 1.807) is 12.4 Å². The fourth-order valence-corrected chi connectivity index (χ4v) is 1.88. The molecule has 0 aliphatic carbocycles. The van der Waals surface area contributed by atoms with Crippen molar-refractivity contribution in [2.24, 2.45) is 0 Å². The number of anilines is 1. The molecule has 0 saturated heterocycles. The average molecular weight is 321 g/mol. The molecule has 0 aliphatic rings. The number of aromatic nitrogens is 1. The Kier molecular flexibility index (Phi) is 6.88. The van der Waals surface area contributed by atoms with E-state index in [0.717, 1.165) is 5.56 Å². The summed E-state index contributed by atoms with van der Waals surface area (Å²) in [5, 5.41) is 2.79. The largest absolute Gasteiger partial charge is 0.491 e. The van der Waals surface area contributed by atoms with E-state index in [9.17, 15) is 4.79 Å². The predicted molar refractivity (Wildman–Crippen MR) is 92.3 cm³/mol. The summed E-state index contributed by atoms with van der Waals surface area (Å²) in [5.74, 6) is 0.631. The van der Waals surface area contributed by atoms with Gasteiger partial charge < -0.3 is 20.5 Å². The molecule has 3 N–H and O–H groups in total. The minimum Gasteiger partial charge on any atom is -0.491 e. The number of nitrogen functional groups attached to an aromatic ring is 1. The number of amides is 1. The number of nitrogens with one attached hydrogen (secondary N) is 1. The standard InChI is InChI=1S/C17H27N3O3/c1-6-22-15-13(10-19-11-14(15)18)9-7-8-12(2)20-16(21)23-17(3,4)5/h7,9-12H,6,8,18H2,1-5H3,(H,20,21)/b9-7+/t12-/m0/s1. The van der Waals surface area contributed by atoms with Crippen LogP contribution in [0.1, 0.15) is 46.6 Å². The first-order chi connectivity index (χ1) is 10.7. The highest BCUT2D eigenvalue weighted by molar-refractivity contribution is 5.68. The zero-order valence-electron chi connectivity index (χ0n) is 14.6. The number of carbonyl (C=O) groups is 1. The molecule has 23 heavy (non-hydrogen) atoms. The van der Waals surface area contributed by atoms with E-state index < -0.39 is 11.7 Å². The molecular formula is C17H27N3O3. The number of alkyl carbamates (subject to hydrolysis) is 1. The first-order valence-electron chi connectivity index (χ1n) is 7.75. The van der Waals surface area contributed by atoms with Crippen LogP contribution < -0.4 is 15.8 Å². The zero-order valence-corrected chi connectivity index (χ0v) is 14.6. The first-order valence-corrected chi connectivity index (χ1v) is 7.75. The summed E-state index contributed by atoms with van der Waals surface area (Å²) in [7, 11) is 0. The highest BCUT2D eigenvalue weighted by Crippen LogP contribution is 2.26. The molecule has 0 spiro atoms. The maximum Gasteiger partial charge on any atom is 0.407 e. The van der Waals surface area contributed by atoms with Crippen LogP contribution in [-0.2, 0) is 4.74 Å². The molecule has 0 fully saturated rings. The fourth-order valence-electron chi connectivity index (χ4n) is 1.88. The number of ether oxygens (including phenoxy) is 2. The van der Waals surface area contributed by atoms with Crippen LogP contribution >= 0.6 is 0 Å². The number of hydrogen-bond acceptors (Lipinski definition) is 5. The van der Waals surface area contributed by atoms with Crippen LogP contribution in [0.2, 0.25) is 0 Å². The van der Waals surface area contributed by atoms with Crippen LogP contribution in [0.15, 0.2) is 18.5 Å². The van der Waals surface area contributed by atoms with Gasteiger partial charge in [-0.25, -0.2) is 4.79 Å². The van der Waals surface area contributed by atoms with Gasteiger partial charge in [-0.05, 0) is 41.0 Å². The van der Waals surface area contributed by atoms with E-state index in [1.807, 2.05) is 46.8 Å². The zero-order chi connectivity index (χ0) is 17.5. The molecule has 6 nitrogen and oxygen atoms in total. The normalized spacial score (nSPS) is 12.9. The molecule has 0 aliphatic heterocycles.